The van der Waals surface area contributed by atoms with Crippen molar-refractivity contribution in [1.29, 1.82) is 0 Å². The molecule has 5 N–H and O–H groups in total. The normalized spacial score (nSPS) is 18.1. The van der Waals surface area contributed by atoms with Crippen LogP contribution < -0.4 is 15.8 Å². The highest BCUT2D eigenvalue weighted by Crippen LogP contribution is 2.37. The fraction of sp³-hybridized carbons (Fsp3) is 0.238. The van der Waals surface area contributed by atoms with E-state index in [2.05, 4.69) is 31.5 Å². The highest BCUT2D eigenvalue weighted by Gasteiger charge is 2.30. The molecule has 32 heavy (non-hydrogen) atoms. The van der Waals surface area contributed by atoms with E-state index in [-0.39, 0.29) is 28.6 Å². The molecule has 0 saturated heterocycles. The summed E-state index contributed by atoms with van der Waals surface area (Å²) in [6.45, 7) is 1.94. The van der Waals surface area contributed by atoms with Gasteiger partial charge in [-0.1, -0.05) is 24.3 Å². The van der Waals surface area contributed by atoms with Gasteiger partial charge in [-0.25, -0.2) is 13.6 Å². The van der Waals surface area contributed by atoms with Gasteiger partial charge in [0, 0.05) is 10.7 Å². The Morgan fingerprint density at radius 2 is 1.72 bits per heavy atom. The second-order valence-corrected chi connectivity index (χ2v) is 10.8. The van der Waals surface area contributed by atoms with Crippen molar-refractivity contribution >= 4 is 49.1 Å². The van der Waals surface area contributed by atoms with E-state index in [1.54, 1.807) is 0 Å². The predicted octanol–water partition coefficient (Wildman–Crippen LogP) is 3.53. The van der Waals surface area contributed by atoms with Gasteiger partial charge in [0.1, 0.15) is 10.6 Å². The molecule has 2 aromatic heterocycles. The number of aromatic nitrogens is 1. The van der Waals surface area contributed by atoms with Crippen LogP contribution in [0.3, 0.4) is 0 Å². The number of fused-ring (bicyclic) bond motifs is 1. The Labute approximate surface area is 197 Å². The van der Waals surface area contributed by atoms with Gasteiger partial charge in [-0.3, -0.25) is 9.59 Å². The number of sulfonamides is 1. The molecular formula is C21H21BrN4O4S2. The summed E-state index contributed by atoms with van der Waals surface area (Å²) >= 11 is 4.87. The van der Waals surface area contributed by atoms with Crippen molar-refractivity contribution in [1.82, 2.24) is 15.6 Å². The number of benzene rings is 1. The molecule has 1 aliphatic carbocycles. The van der Waals surface area contributed by atoms with E-state index in [1.807, 2.05) is 36.6 Å². The number of nitrogens with two attached hydrogens (primary N) is 1. The van der Waals surface area contributed by atoms with Crippen LogP contribution in [0.15, 0.2) is 51.3 Å². The molecule has 0 radical (unpaired) electrons. The van der Waals surface area contributed by atoms with Crippen molar-refractivity contribution in [3.8, 4) is 0 Å². The van der Waals surface area contributed by atoms with Crippen LogP contribution in [-0.2, 0) is 10.0 Å². The second kappa shape index (κ2) is 8.81. The Hall–Kier alpha value is -2.47. The lowest BCUT2D eigenvalue weighted by Gasteiger charge is -2.32. The Kier molecular flexibility index (Phi) is 6.26. The number of rotatable bonds is 5. The number of nitrogens with one attached hydrogen (secondary N) is 3. The Morgan fingerprint density at radius 3 is 2.22 bits per heavy atom. The minimum Gasteiger partial charge on any atom is -0.356 e. The molecule has 0 saturated carbocycles. The van der Waals surface area contributed by atoms with Crippen LogP contribution in [0.4, 0.5) is 0 Å². The fourth-order valence-electron chi connectivity index (χ4n) is 3.80. The van der Waals surface area contributed by atoms with Gasteiger partial charge in [0.05, 0.1) is 17.0 Å². The van der Waals surface area contributed by atoms with E-state index in [0.717, 1.165) is 21.2 Å². The van der Waals surface area contributed by atoms with Crippen molar-refractivity contribution in [3.63, 3.8) is 0 Å². The fourth-order valence-corrected chi connectivity index (χ4v) is 5.88. The second-order valence-electron chi connectivity index (χ2n) is 7.61. The maximum atomic E-state index is 12.8. The van der Waals surface area contributed by atoms with Crippen LogP contribution in [-0.4, -0.2) is 25.2 Å². The first-order valence-corrected chi connectivity index (χ1v) is 13.0. The van der Waals surface area contributed by atoms with Gasteiger partial charge < -0.3 is 15.6 Å². The number of hydrogen-bond acceptors (Lipinski definition) is 5. The van der Waals surface area contributed by atoms with Gasteiger partial charge >= 0.3 is 0 Å². The summed E-state index contributed by atoms with van der Waals surface area (Å²) in [4.78, 5) is 28.7. The summed E-state index contributed by atoms with van der Waals surface area (Å²) < 4.78 is 23.7. The molecule has 0 spiro atoms. The molecule has 1 aliphatic rings. The van der Waals surface area contributed by atoms with Crippen molar-refractivity contribution in [2.45, 2.75) is 36.7 Å². The number of halogens is 1. The first-order chi connectivity index (χ1) is 15.1. The van der Waals surface area contributed by atoms with Crippen molar-refractivity contribution in [2.24, 2.45) is 5.14 Å². The monoisotopic (exact) mass is 536 g/mol. The lowest BCUT2D eigenvalue weighted by Crippen LogP contribution is -2.36. The molecule has 168 valence electrons. The molecule has 8 nitrogen and oxygen atoms in total. The zero-order valence-electron chi connectivity index (χ0n) is 17.0. The van der Waals surface area contributed by atoms with Gasteiger partial charge in [0.15, 0.2) is 0 Å². The molecule has 0 fully saturated rings. The maximum Gasteiger partial charge on any atom is 0.268 e. The molecular weight excluding hydrogens is 516 g/mol. The molecule has 2 atom stereocenters. The lowest BCUT2D eigenvalue weighted by atomic mass is 9.84. The summed E-state index contributed by atoms with van der Waals surface area (Å²) in [5, 5.41) is 13.1. The van der Waals surface area contributed by atoms with Crippen molar-refractivity contribution in [3.05, 3.63) is 73.6 Å². The maximum absolute atomic E-state index is 12.8. The van der Waals surface area contributed by atoms with Gasteiger partial charge in [-0.05, 0) is 63.8 Å². The number of primary sulfonamides is 1. The van der Waals surface area contributed by atoms with E-state index < -0.39 is 15.9 Å². The standard InChI is InChI=1S/C21H21BrN4O4S2/c1-11-10-31-19(18(11)22)21(28)26-16-7-6-15(13-4-2-3-5-14(13)16)25-20(27)17-8-12(9-24-17)32(23,29)30/h2-5,8-10,15-16,24H,6-7H2,1H3,(H,25,27)(H,26,28)(H2,23,29,30). The number of hydrogen-bond donors (Lipinski definition) is 4. The van der Waals surface area contributed by atoms with Crippen LogP contribution >= 0.6 is 27.3 Å². The van der Waals surface area contributed by atoms with Crippen LogP contribution in [0.5, 0.6) is 0 Å². The lowest BCUT2D eigenvalue weighted by molar-refractivity contribution is 0.0906. The minimum atomic E-state index is -3.89. The number of amides is 2. The third-order valence-electron chi connectivity index (χ3n) is 5.44. The first-order valence-electron chi connectivity index (χ1n) is 9.80. The molecule has 4 rings (SSSR count). The Bertz CT molecular complexity index is 1300. The summed E-state index contributed by atoms with van der Waals surface area (Å²) in [7, 11) is -3.89. The topological polar surface area (TPSA) is 134 Å². The number of thiophene rings is 1. The molecule has 0 bridgehead atoms. The van der Waals surface area contributed by atoms with Crippen molar-refractivity contribution < 1.29 is 18.0 Å². The van der Waals surface area contributed by atoms with Crippen LogP contribution in [0.2, 0.25) is 0 Å². The average molecular weight is 537 g/mol. The van der Waals surface area contributed by atoms with Gasteiger partial charge in [0.2, 0.25) is 10.0 Å². The number of aromatic amines is 1. The SMILES string of the molecule is Cc1csc(C(=O)NC2CCC(NC(=O)c3cc(S(N)(=O)=O)c[nH]3)c3ccccc32)c1Br. The van der Waals surface area contributed by atoms with E-state index in [9.17, 15) is 18.0 Å². The number of carbonyl (C=O) groups is 2. The van der Waals surface area contributed by atoms with Gasteiger partial charge in [-0.15, -0.1) is 11.3 Å². The highest BCUT2D eigenvalue weighted by molar-refractivity contribution is 9.10. The average Bonchev–Trinajstić information content (AvgIpc) is 3.38. The van der Waals surface area contributed by atoms with Crippen molar-refractivity contribution in [2.75, 3.05) is 0 Å². The van der Waals surface area contributed by atoms with Gasteiger partial charge in [-0.2, -0.15) is 0 Å². The first kappa shape index (κ1) is 22.7. The van der Waals surface area contributed by atoms with Crippen LogP contribution in [0.25, 0.3) is 0 Å². The van der Waals surface area contributed by atoms with Crippen LogP contribution in [0, 0.1) is 6.92 Å². The molecule has 0 aliphatic heterocycles. The van der Waals surface area contributed by atoms with E-state index in [0.29, 0.717) is 17.7 Å². The number of carbonyl (C=O) groups excluding carboxylic acids is 2. The zero-order valence-corrected chi connectivity index (χ0v) is 20.2. The summed E-state index contributed by atoms with van der Waals surface area (Å²) in [6, 6.07) is 8.41. The third-order valence-corrected chi connectivity index (χ3v) is 8.71. The molecule has 1 aromatic carbocycles. The van der Waals surface area contributed by atoms with E-state index in [1.165, 1.54) is 23.6 Å². The highest BCUT2D eigenvalue weighted by atomic mass is 79.9. The van der Waals surface area contributed by atoms with E-state index in [4.69, 9.17) is 5.14 Å². The van der Waals surface area contributed by atoms with Crippen LogP contribution in [0.1, 0.15) is 61.8 Å². The summed E-state index contributed by atoms with van der Waals surface area (Å²) in [5.41, 5.74) is 2.98. The Balaban J connectivity index is 1.52. The Morgan fingerprint density at radius 1 is 1.12 bits per heavy atom. The predicted molar refractivity (Wildman–Crippen MR) is 125 cm³/mol. The van der Waals surface area contributed by atoms with Gasteiger partial charge in [0.25, 0.3) is 11.8 Å². The minimum absolute atomic E-state index is 0.111. The molecule has 2 heterocycles. The number of H-pyrrole nitrogens is 1. The summed E-state index contributed by atoms with van der Waals surface area (Å²) in [5.74, 6) is -0.570. The number of aryl methyl sites for hydroxylation is 1. The molecule has 3 aromatic rings. The molecule has 2 amide bonds. The molecule has 11 heteroatoms. The van der Waals surface area contributed by atoms with E-state index >= 15 is 0 Å². The quantitative estimate of drug-likeness (QED) is 0.396. The third kappa shape index (κ3) is 4.51. The zero-order chi connectivity index (χ0) is 23.0. The summed E-state index contributed by atoms with van der Waals surface area (Å²) in [6.07, 6.45) is 2.44. The largest absolute Gasteiger partial charge is 0.356 e. The molecule has 2 unspecified atom stereocenters. The smallest absolute Gasteiger partial charge is 0.268 e.